The minimum atomic E-state index is -1.28. The van der Waals surface area contributed by atoms with E-state index in [-0.39, 0.29) is 24.9 Å². The van der Waals surface area contributed by atoms with Gasteiger partial charge in [0.1, 0.15) is 5.82 Å². The number of nitrogens with one attached hydrogen (secondary N) is 1. The molecule has 0 spiro atoms. The fourth-order valence-corrected chi connectivity index (χ4v) is 1.53. The highest BCUT2D eigenvalue weighted by atomic mass is 19.2. The molecule has 0 aromatic heterocycles. The first-order valence-corrected chi connectivity index (χ1v) is 6.66. The van der Waals surface area contributed by atoms with E-state index in [4.69, 9.17) is 9.47 Å². The van der Waals surface area contributed by atoms with Gasteiger partial charge in [0.2, 0.25) is 0 Å². The molecule has 0 radical (unpaired) electrons. The summed E-state index contributed by atoms with van der Waals surface area (Å²) < 4.78 is 49.6. The lowest BCUT2D eigenvalue weighted by Gasteiger charge is -2.14. The molecule has 2 N–H and O–H groups in total. The number of aliphatic hydroxyl groups excluding tert-OH is 1. The third-order valence-electron chi connectivity index (χ3n) is 2.51. The maximum Gasteiger partial charge on any atom is 0.182 e. The van der Waals surface area contributed by atoms with E-state index in [1.54, 1.807) is 0 Å². The molecule has 7 heteroatoms. The molecule has 1 atom stereocenters. The molecule has 0 heterocycles. The van der Waals surface area contributed by atoms with Crippen LogP contribution in [0.2, 0.25) is 0 Å². The molecule has 0 aliphatic carbocycles. The Bertz CT molecular complexity index is 444. The Kier molecular flexibility index (Phi) is 7.49. The molecule has 0 aliphatic rings. The van der Waals surface area contributed by atoms with Crippen LogP contribution >= 0.6 is 0 Å². The molecule has 1 unspecified atom stereocenters. The third-order valence-corrected chi connectivity index (χ3v) is 2.51. The maximum absolute atomic E-state index is 13.3. The van der Waals surface area contributed by atoms with Gasteiger partial charge in [0.25, 0.3) is 0 Å². The zero-order valence-corrected chi connectivity index (χ0v) is 12.0. The lowest BCUT2D eigenvalue weighted by Crippen LogP contribution is -2.26. The lowest BCUT2D eigenvalue weighted by molar-refractivity contribution is -0.00735. The van der Waals surface area contributed by atoms with Crippen LogP contribution in [0.5, 0.6) is 0 Å². The average molecular weight is 307 g/mol. The van der Waals surface area contributed by atoms with Crippen molar-refractivity contribution in [3.63, 3.8) is 0 Å². The summed E-state index contributed by atoms with van der Waals surface area (Å²) >= 11 is 0. The SMILES string of the molecule is CC(C)OCCOCC(O)CNc1cc(F)cc(F)c1F. The second-order valence-corrected chi connectivity index (χ2v) is 4.78. The van der Waals surface area contributed by atoms with Crippen LogP contribution in [0.15, 0.2) is 12.1 Å². The van der Waals surface area contributed by atoms with Crippen molar-refractivity contribution in [3.8, 4) is 0 Å². The molecule has 0 saturated carbocycles. The van der Waals surface area contributed by atoms with Crippen LogP contribution in [-0.2, 0) is 9.47 Å². The predicted molar refractivity (Wildman–Crippen MR) is 72.7 cm³/mol. The van der Waals surface area contributed by atoms with Gasteiger partial charge in [0.05, 0.1) is 37.7 Å². The van der Waals surface area contributed by atoms with Crippen LogP contribution in [0.3, 0.4) is 0 Å². The highest BCUT2D eigenvalue weighted by Gasteiger charge is 2.12. The van der Waals surface area contributed by atoms with Crippen LogP contribution in [0.25, 0.3) is 0 Å². The Morgan fingerprint density at radius 3 is 2.57 bits per heavy atom. The number of ether oxygens (including phenoxy) is 2. The van der Waals surface area contributed by atoms with Crippen molar-refractivity contribution in [2.24, 2.45) is 0 Å². The van der Waals surface area contributed by atoms with Crippen molar-refractivity contribution in [3.05, 3.63) is 29.6 Å². The number of aliphatic hydroxyl groups is 1. The van der Waals surface area contributed by atoms with Gasteiger partial charge in [-0.15, -0.1) is 0 Å². The van der Waals surface area contributed by atoms with E-state index >= 15 is 0 Å². The minimum Gasteiger partial charge on any atom is -0.389 e. The number of anilines is 1. The summed E-state index contributed by atoms with van der Waals surface area (Å²) in [6.45, 7) is 4.43. The highest BCUT2D eigenvalue weighted by molar-refractivity contribution is 5.45. The fraction of sp³-hybridized carbons (Fsp3) is 0.571. The van der Waals surface area contributed by atoms with Gasteiger partial charge in [-0.1, -0.05) is 0 Å². The largest absolute Gasteiger partial charge is 0.389 e. The predicted octanol–water partition coefficient (Wildman–Crippen LogP) is 2.32. The molecule has 21 heavy (non-hydrogen) atoms. The molecule has 1 aromatic carbocycles. The van der Waals surface area contributed by atoms with Gasteiger partial charge in [0, 0.05) is 18.7 Å². The first-order valence-electron chi connectivity index (χ1n) is 6.66. The van der Waals surface area contributed by atoms with Crippen LogP contribution in [0, 0.1) is 17.5 Å². The molecule has 0 amide bonds. The third kappa shape index (κ3) is 6.79. The second kappa shape index (κ2) is 8.86. The van der Waals surface area contributed by atoms with Crippen molar-refractivity contribution in [1.29, 1.82) is 0 Å². The highest BCUT2D eigenvalue weighted by Crippen LogP contribution is 2.18. The van der Waals surface area contributed by atoms with Crippen molar-refractivity contribution in [1.82, 2.24) is 0 Å². The van der Waals surface area contributed by atoms with E-state index in [9.17, 15) is 18.3 Å². The Balaban J connectivity index is 2.28. The standard InChI is InChI=1S/C14H20F3NO3/c1-9(2)21-4-3-20-8-11(19)7-18-13-6-10(15)5-12(16)14(13)17/h5-6,9,11,18-19H,3-4,7-8H2,1-2H3. The van der Waals surface area contributed by atoms with Crippen molar-refractivity contribution >= 4 is 5.69 Å². The van der Waals surface area contributed by atoms with Gasteiger partial charge in [-0.25, -0.2) is 13.2 Å². The number of hydrogen-bond acceptors (Lipinski definition) is 4. The van der Waals surface area contributed by atoms with Crippen molar-refractivity contribution in [2.75, 3.05) is 31.7 Å². The summed E-state index contributed by atoms with van der Waals surface area (Å²) in [5.74, 6) is -3.36. The number of halogens is 3. The molecular formula is C14H20F3NO3. The Hall–Kier alpha value is -1.31. The van der Waals surface area contributed by atoms with Gasteiger partial charge in [-0.05, 0) is 13.8 Å². The van der Waals surface area contributed by atoms with Gasteiger partial charge in [-0.3, -0.25) is 0 Å². The lowest BCUT2D eigenvalue weighted by atomic mass is 10.2. The quantitative estimate of drug-likeness (QED) is 0.543. The van der Waals surface area contributed by atoms with Crippen LogP contribution < -0.4 is 5.32 Å². The average Bonchev–Trinajstić information content (AvgIpc) is 2.40. The van der Waals surface area contributed by atoms with Crippen molar-refractivity contribution < 1.29 is 27.8 Å². The molecule has 1 rings (SSSR count). The maximum atomic E-state index is 13.3. The smallest absolute Gasteiger partial charge is 0.182 e. The Morgan fingerprint density at radius 2 is 1.90 bits per heavy atom. The molecule has 120 valence electrons. The first kappa shape index (κ1) is 17.7. The monoisotopic (exact) mass is 307 g/mol. The zero-order valence-electron chi connectivity index (χ0n) is 12.0. The second-order valence-electron chi connectivity index (χ2n) is 4.78. The number of hydrogen-bond donors (Lipinski definition) is 2. The number of rotatable bonds is 9. The van der Waals surface area contributed by atoms with Crippen LogP contribution in [0.1, 0.15) is 13.8 Å². The van der Waals surface area contributed by atoms with Gasteiger partial charge < -0.3 is 19.9 Å². The van der Waals surface area contributed by atoms with E-state index in [1.807, 2.05) is 13.8 Å². The molecular weight excluding hydrogens is 287 g/mol. The summed E-state index contributed by atoms with van der Waals surface area (Å²) in [6, 6.07) is 1.28. The summed E-state index contributed by atoms with van der Waals surface area (Å²) in [5, 5.41) is 12.0. The first-order chi connectivity index (χ1) is 9.90. The summed E-state index contributed by atoms with van der Waals surface area (Å²) in [5.41, 5.74) is -0.338. The van der Waals surface area contributed by atoms with E-state index in [1.165, 1.54) is 0 Å². The summed E-state index contributed by atoms with van der Waals surface area (Å²) in [7, 11) is 0. The zero-order chi connectivity index (χ0) is 15.8. The van der Waals surface area contributed by atoms with Gasteiger partial charge in [-0.2, -0.15) is 0 Å². The molecule has 0 fully saturated rings. The molecule has 0 aliphatic heterocycles. The van der Waals surface area contributed by atoms with Gasteiger partial charge >= 0.3 is 0 Å². The molecule has 0 saturated heterocycles. The van der Waals surface area contributed by atoms with Gasteiger partial charge in [0.15, 0.2) is 11.6 Å². The fourth-order valence-electron chi connectivity index (χ4n) is 1.53. The van der Waals surface area contributed by atoms with E-state index < -0.39 is 23.6 Å². The minimum absolute atomic E-state index is 0.00781. The summed E-state index contributed by atoms with van der Waals surface area (Å²) in [6.07, 6.45) is -0.833. The normalized spacial score (nSPS) is 12.7. The van der Waals surface area contributed by atoms with E-state index in [0.717, 1.165) is 6.07 Å². The number of benzene rings is 1. The molecule has 4 nitrogen and oxygen atoms in total. The molecule has 1 aromatic rings. The van der Waals surface area contributed by atoms with E-state index in [2.05, 4.69) is 5.32 Å². The molecule has 0 bridgehead atoms. The Labute approximate surface area is 121 Å². The van der Waals surface area contributed by atoms with E-state index in [0.29, 0.717) is 19.3 Å². The summed E-state index contributed by atoms with van der Waals surface area (Å²) in [4.78, 5) is 0. The Morgan fingerprint density at radius 1 is 1.19 bits per heavy atom. The van der Waals surface area contributed by atoms with Crippen LogP contribution in [-0.4, -0.2) is 43.7 Å². The topological polar surface area (TPSA) is 50.7 Å². The van der Waals surface area contributed by atoms with Crippen molar-refractivity contribution in [2.45, 2.75) is 26.1 Å². The van der Waals surface area contributed by atoms with Crippen LogP contribution in [0.4, 0.5) is 18.9 Å².